The minimum absolute atomic E-state index is 0. The van der Waals surface area contributed by atoms with Crippen molar-refractivity contribution >= 4 is 12.2 Å². The summed E-state index contributed by atoms with van der Waals surface area (Å²) in [4.78, 5) is 16.7. The summed E-state index contributed by atoms with van der Waals surface area (Å²) < 4.78 is 0. The molecule has 0 aliphatic rings. The molecule has 0 saturated heterocycles. The van der Waals surface area contributed by atoms with Crippen molar-refractivity contribution in [2.75, 3.05) is 0 Å². The van der Waals surface area contributed by atoms with Crippen LogP contribution < -0.4 is 0 Å². The molecule has 0 saturated carbocycles. The lowest BCUT2D eigenvalue weighted by atomic mass is 11.7. The van der Waals surface area contributed by atoms with Crippen molar-refractivity contribution in [2.45, 2.75) is 37.1 Å². The molecule has 0 unspecified atom stereocenters. The average Bonchev–Trinajstić information content (AvgIpc) is 1.39. The van der Waals surface area contributed by atoms with Crippen LogP contribution >= 0.6 is 0 Å². The van der Waals surface area contributed by atoms with Crippen LogP contribution in [-0.4, -0.2) is 12.2 Å². The summed E-state index contributed by atoms with van der Waals surface area (Å²) in [5, 5.41) is 10.8. The summed E-state index contributed by atoms with van der Waals surface area (Å²) >= 11 is 0. The quantitative estimate of drug-likeness (QED) is 0.428. The minimum atomic E-state index is 0. The molecule has 72 valence electrons. The topological polar surface area (TPSA) is 81.8 Å². The first-order valence-electron chi connectivity index (χ1n) is 0.908. The van der Waals surface area contributed by atoms with Crippen molar-refractivity contribution in [3.8, 4) is 0 Å². The van der Waals surface area contributed by atoms with Crippen LogP contribution in [0.25, 0.3) is 0 Å². The Morgan fingerprint density at radius 2 is 0.636 bits per heavy atom. The lowest BCUT2D eigenvalue weighted by molar-refractivity contribution is 0.562. The van der Waals surface area contributed by atoms with Crippen molar-refractivity contribution in [1.29, 1.82) is 10.8 Å². The van der Waals surface area contributed by atoms with E-state index in [0.29, 0.717) is 0 Å². The zero-order valence-electron chi connectivity index (χ0n) is 2.82. The van der Waals surface area contributed by atoms with Gasteiger partial charge in [-0.15, -0.1) is 0 Å². The number of isocyanates is 2. The standard InChI is InChI=1S/2CHNO.5CH4/c2*2-1-3;;;;;/h2*2H;5*1H4. The maximum atomic E-state index is 8.35. The Morgan fingerprint density at radius 3 is 0.636 bits per heavy atom. The van der Waals surface area contributed by atoms with Gasteiger partial charge in [-0.2, -0.15) is 0 Å². The Kier molecular flexibility index (Phi) is 8160. The van der Waals surface area contributed by atoms with E-state index < -0.39 is 0 Å². The molecule has 0 aromatic heterocycles. The lowest BCUT2D eigenvalue weighted by Crippen LogP contribution is -1.16. The highest BCUT2D eigenvalue weighted by atomic mass is 16.1. The van der Waals surface area contributed by atoms with Gasteiger partial charge in [0.05, 0.1) is 0 Å². The molecule has 0 rings (SSSR count). The predicted molar refractivity (Wildman–Crippen MR) is 50.5 cm³/mol. The SMILES string of the molecule is C.C.C.C.C.N=C=O.N=C=O. The van der Waals surface area contributed by atoms with Gasteiger partial charge in [-0.05, 0) is 0 Å². The van der Waals surface area contributed by atoms with Gasteiger partial charge in [0.25, 0.3) is 0 Å². The number of hydrogen-bond acceptors (Lipinski definition) is 4. The van der Waals surface area contributed by atoms with Crippen LogP contribution in [0, 0.1) is 10.8 Å². The monoisotopic (exact) mass is 166 g/mol. The van der Waals surface area contributed by atoms with Crippen molar-refractivity contribution in [2.24, 2.45) is 0 Å². The number of hydrogen-bond donors (Lipinski definition) is 2. The fourth-order valence-corrected chi connectivity index (χ4v) is 0. The van der Waals surface area contributed by atoms with E-state index >= 15 is 0 Å². The third-order valence-electron chi connectivity index (χ3n) is 0. The molecule has 4 nitrogen and oxygen atoms in total. The van der Waals surface area contributed by atoms with E-state index in [0.717, 1.165) is 12.2 Å². The van der Waals surface area contributed by atoms with Gasteiger partial charge in [-0.1, -0.05) is 37.1 Å². The summed E-state index contributed by atoms with van der Waals surface area (Å²) in [6.45, 7) is 0. The molecule has 0 radical (unpaired) electrons. The van der Waals surface area contributed by atoms with Gasteiger partial charge in [-0.25, -0.2) is 20.4 Å². The molecule has 0 amide bonds. The second kappa shape index (κ2) is 913. The number of carbonyl (C=O) groups excluding carboxylic acids is 2. The van der Waals surface area contributed by atoms with E-state index in [1.54, 1.807) is 0 Å². The van der Waals surface area contributed by atoms with Crippen LogP contribution in [0.5, 0.6) is 0 Å². The largest absolute Gasteiger partial charge is 0.231 e. The third-order valence-corrected chi connectivity index (χ3v) is 0. The molecule has 0 spiro atoms. The highest BCUT2D eigenvalue weighted by Gasteiger charge is 1.04. The fourth-order valence-electron chi connectivity index (χ4n) is 0. The Morgan fingerprint density at radius 1 is 0.636 bits per heavy atom. The molecule has 11 heavy (non-hydrogen) atoms. The number of rotatable bonds is 0. The smallest absolute Gasteiger partial charge is 0.222 e. The molecule has 0 heterocycles. The second-order valence-corrected chi connectivity index (χ2v) is 0.204. The lowest BCUT2D eigenvalue weighted by Gasteiger charge is -1.02. The molecule has 0 bridgehead atoms. The average molecular weight is 166 g/mol. The van der Waals surface area contributed by atoms with Crippen LogP contribution in [-0.2, 0) is 9.59 Å². The van der Waals surface area contributed by atoms with Crippen molar-refractivity contribution in [1.82, 2.24) is 0 Å². The van der Waals surface area contributed by atoms with Crippen molar-refractivity contribution < 1.29 is 9.59 Å². The summed E-state index contributed by atoms with van der Waals surface area (Å²) in [6.07, 6.45) is 1.50. The van der Waals surface area contributed by atoms with E-state index in [4.69, 9.17) is 20.4 Å². The summed E-state index contributed by atoms with van der Waals surface area (Å²) in [6, 6.07) is 0. The highest BCUT2D eigenvalue weighted by molar-refractivity contribution is 5.26. The Labute approximate surface area is 70.7 Å². The molecular weight excluding hydrogens is 144 g/mol. The second-order valence-electron chi connectivity index (χ2n) is 0.204. The van der Waals surface area contributed by atoms with Gasteiger partial charge < -0.3 is 0 Å². The van der Waals surface area contributed by atoms with E-state index in [1.807, 2.05) is 0 Å². The minimum Gasteiger partial charge on any atom is -0.222 e. The first-order chi connectivity index (χ1) is 2.83. The van der Waals surface area contributed by atoms with Gasteiger partial charge in [0.1, 0.15) is 0 Å². The van der Waals surface area contributed by atoms with E-state index in [2.05, 4.69) is 0 Å². The molecule has 0 aliphatic heterocycles. The van der Waals surface area contributed by atoms with E-state index in [1.165, 1.54) is 0 Å². The third kappa shape index (κ3) is 260. The molecule has 0 atom stereocenters. The van der Waals surface area contributed by atoms with Crippen LogP contribution in [0.15, 0.2) is 0 Å². The molecule has 2 N–H and O–H groups in total. The van der Waals surface area contributed by atoms with E-state index in [9.17, 15) is 0 Å². The van der Waals surface area contributed by atoms with Crippen molar-refractivity contribution in [3.05, 3.63) is 0 Å². The maximum Gasteiger partial charge on any atom is 0.231 e. The zero-order valence-corrected chi connectivity index (χ0v) is 2.82. The van der Waals surface area contributed by atoms with Gasteiger partial charge >= 0.3 is 0 Å². The predicted octanol–water partition coefficient (Wildman–Crippen LogP) is 2.98. The van der Waals surface area contributed by atoms with Crippen LogP contribution in [0.4, 0.5) is 0 Å². The van der Waals surface area contributed by atoms with Crippen LogP contribution in [0.2, 0.25) is 0 Å². The normalized spacial score (nSPS) is 1.45. The molecule has 0 aliphatic carbocycles. The fraction of sp³-hybridized carbons (Fsp3) is 0.714. The van der Waals surface area contributed by atoms with Gasteiger partial charge in [-0.3, -0.25) is 0 Å². The number of nitrogens with one attached hydrogen (secondary N) is 2. The zero-order chi connectivity index (χ0) is 5.41. The molecular formula is C7H22N2O2. The molecule has 0 aromatic carbocycles. The first kappa shape index (κ1) is 98.3. The first-order valence-corrected chi connectivity index (χ1v) is 0.908. The summed E-state index contributed by atoms with van der Waals surface area (Å²) in [5.74, 6) is 0. The van der Waals surface area contributed by atoms with E-state index in [-0.39, 0.29) is 37.1 Å². The van der Waals surface area contributed by atoms with Gasteiger partial charge in [0, 0.05) is 0 Å². The Bertz CT molecular complexity index is 68.4. The molecule has 0 fully saturated rings. The Hall–Kier alpha value is -1.24. The highest BCUT2D eigenvalue weighted by Crippen LogP contribution is 0.871. The van der Waals surface area contributed by atoms with Crippen molar-refractivity contribution in [3.63, 3.8) is 0 Å². The van der Waals surface area contributed by atoms with Gasteiger partial charge in [0.2, 0.25) is 12.2 Å². The summed E-state index contributed by atoms with van der Waals surface area (Å²) in [5.41, 5.74) is 0. The molecule has 4 heteroatoms. The van der Waals surface area contributed by atoms with Crippen LogP contribution in [0.1, 0.15) is 37.1 Å². The van der Waals surface area contributed by atoms with Crippen LogP contribution in [0.3, 0.4) is 0 Å². The molecule has 0 aromatic rings. The maximum absolute atomic E-state index is 8.35. The van der Waals surface area contributed by atoms with Gasteiger partial charge in [0.15, 0.2) is 0 Å². The summed E-state index contributed by atoms with van der Waals surface area (Å²) in [7, 11) is 0. The Balaban J connectivity index is -0.00000000400.